The van der Waals surface area contributed by atoms with Gasteiger partial charge in [-0.2, -0.15) is 0 Å². The van der Waals surface area contributed by atoms with E-state index in [1.165, 1.54) is 0 Å². The van der Waals surface area contributed by atoms with Crippen LogP contribution in [0.3, 0.4) is 0 Å². The van der Waals surface area contributed by atoms with Crippen LogP contribution in [0, 0.1) is 0 Å². The van der Waals surface area contributed by atoms with Crippen LogP contribution in [0.15, 0.2) is 60.7 Å². The van der Waals surface area contributed by atoms with E-state index < -0.39 is 0 Å². The molecule has 3 aromatic carbocycles. The van der Waals surface area contributed by atoms with Gasteiger partial charge in [0.1, 0.15) is 5.75 Å². The van der Waals surface area contributed by atoms with Crippen molar-refractivity contribution in [3.63, 3.8) is 0 Å². The molecule has 0 N–H and O–H groups in total. The van der Waals surface area contributed by atoms with Crippen molar-refractivity contribution < 1.29 is 9.53 Å². The van der Waals surface area contributed by atoms with Gasteiger partial charge in [-0.05, 0) is 41.8 Å². The third kappa shape index (κ3) is 2.78. The average molecular weight is 305 g/mol. The Hall–Kier alpha value is -2.81. The summed E-state index contributed by atoms with van der Waals surface area (Å²) in [4.78, 5) is 14.9. The summed E-state index contributed by atoms with van der Waals surface area (Å²) in [7, 11) is 5.63. The van der Waals surface area contributed by atoms with Crippen LogP contribution in [-0.4, -0.2) is 27.0 Å². The fourth-order valence-electron chi connectivity index (χ4n) is 2.77. The van der Waals surface area contributed by atoms with Crippen LogP contribution in [0.1, 0.15) is 15.9 Å². The highest BCUT2D eigenvalue weighted by Gasteiger charge is 2.15. The van der Waals surface area contributed by atoms with Crippen molar-refractivity contribution in [1.29, 1.82) is 0 Å². The predicted molar refractivity (Wildman–Crippen MR) is 94.7 cm³/mol. The molecule has 0 spiro atoms. The standard InChI is InChI=1S/C20H19NO2/c1-21(2)19-13-12-18(16-6-4-5-7-17(16)19)20(22)14-8-10-15(23-3)11-9-14/h4-13H,1-3H3. The van der Waals surface area contributed by atoms with Gasteiger partial charge in [-0.1, -0.05) is 24.3 Å². The number of anilines is 1. The third-order valence-corrected chi connectivity index (χ3v) is 3.98. The lowest BCUT2D eigenvalue weighted by molar-refractivity contribution is 0.104. The summed E-state index contributed by atoms with van der Waals surface area (Å²) in [6, 6.07) is 19.1. The van der Waals surface area contributed by atoms with E-state index in [1.54, 1.807) is 19.2 Å². The maximum Gasteiger partial charge on any atom is 0.193 e. The summed E-state index contributed by atoms with van der Waals surface area (Å²) in [6.45, 7) is 0. The molecule has 0 amide bonds. The molecule has 0 saturated heterocycles. The number of rotatable bonds is 4. The van der Waals surface area contributed by atoms with Crippen LogP contribution in [0.2, 0.25) is 0 Å². The molecule has 0 aliphatic heterocycles. The molecule has 23 heavy (non-hydrogen) atoms. The summed E-state index contributed by atoms with van der Waals surface area (Å²) in [5.74, 6) is 0.767. The topological polar surface area (TPSA) is 29.5 Å². The first-order chi connectivity index (χ1) is 11.1. The van der Waals surface area contributed by atoms with E-state index in [4.69, 9.17) is 4.74 Å². The summed E-state index contributed by atoms with van der Waals surface area (Å²) in [5.41, 5.74) is 2.48. The number of carbonyl (C=O) groups excluding carboxylic acids is 1. The Morgan fingerprint density at radius 1 is 0.870 bits per heavy atom. The molecular weight excluding hydrogens is 286 g/mol. The number of carbonyl (C=O) groups is 1. The molecule has 0 unspecified atom stereocenters. The maximum atomic E-state index is 12.9. The lowest BCUT2D eigenvalue weighted by Crippen LogP contribution is -2.10. The van der Waals surface area contributed by atoms with E-state index >= 15 is 0 Å². The summed E-state index contributed by atoms with van der Waals surface area (Å²) in [5, 5.41) is 2.05. The number of ketones is 1. The summed E-state index contributed by atoms with van der Waals surface area (Å²) in [6.07, 6.45) is 0. The van der Waals surface area contributed by atoms with E-state index in [-0.39, 0.29) is 5.78 Å². The Morgan fingerprint density at radius 3 is 2.13 bits per heavy atom. The van der Waals surface area contributed by atoms with Gasteiger partial charge in [0.05, 0.1) is 7.11 Å². The minimum Gasteiger partial charge on any atom is -0.497 e. The molecule has 3 aromatic rings. The summed E-state index contributed by atoms with van der Waals surface area (Å²) >= 11 is 0. The van der Waals surface area contributed by atoms with Crippen molar-refractivity contribution in [2.45, 2.75) is 0 Å². The quantitative estimate of drug-likeness (QED) is 0.678. The lowest BCUT2D eigenvalue weighted by atomic mass is 9.96. The Balaban J connectivity index is 2.12. The van der Waals surface area contributed by atoms with Crippen LogP contribution in [0.5, 0.6) is 5.75 Å². The highest BCUT2D eigenvalue weighted by molar-refractivity contribution is 6.18. The Kier molecular flexibility index (Phi) is 4.02. The number of hydrogen-bond donors (Lipinski definition) is 0. The van der Waals surface area contributed by atoms with Gasteiger partial charge in [-0.3, -0.25) is 4.79 Å². The minimum absolute atomic E-state index is 0.0224. The van der Waals surface area contributed by atoms with Crippen LogP contribution < -0.4 is 9.64 Å². The molecule has 0 bridgehead atoms. The summed E-state index contributed by atoms with van der Waals surface area (Å²) < 4.78 is 5.15. The highest BCUT2D eigenvalue weighted by Crippen LogP contribution is 2.30. The Labute approximate surface area is 136 Å². The van der Waals surface area contributed by atoms with Gasteiger partial charge in [-0.15, -0.1) is 0 Å². The van der Waals surface area contributed by atoms with Crippen molar-refractivity contribution in [2.75, 3.05) is 26.1 Å². The molecule has 0 aliphatic carbocycles. The van der Waals surface area contributed by atoms with Crippen molar-refractivity contribution in [2.24, 2.45) is 0 Å². The Morgan fingerprint density at radius 2 is 1.52 bits per heavy atom. The molecular formula is C20H19NO2. The van der Waals surface area contributed by atoms with Crippen molar-refractivity contribution in [3.05, 3.63) is 71.8 Å². The van der Waals surface area contributed by atoms with E-state index in [9.17, 15) is 4.79 Å². The number of hydrogen-bond acceptors (Lipinski definition) is 3. The molecule has 0 aliphatic rings. The molecule has 0 atom stereocenters. The van der Waals surface area contributed by atoms with Crippen molar-refractivity contribution >= 4 is 22.2 Å². The zero-order valence-corrected chi connectivity index (χ0v) is 13.5. The van der Waals surface area contributed by atoms with E-state index in [2.05, 4.69) is 11.0 Å². The van der Waals surface area contributed by atoms with Crippen LogP contribution in [0.4, 0.5) is 5.69 Å². The van der Waals surface area contributed by atoms with Crippen LogP contribution in [0.25, 0.3) is 10.8 Å². The SMILES string of the molecule is COc1ccc(C(=O)c2ccc(N(C)C)c3ccccc23)cc1. The fraction of sp³-hybridized carbons (Fsp3) is 0.150. The molecule has 0 radical (unpaired) electrons. The number of fused-ring (bicyclic) bond motifs is 1. The molecule has 0 aromatic heterocycles. The minimum atomic E-state index is 0.0224. The molecule has 3 nitrogen and oxygen atoms in total. The van der Waals surface area contributed by atoms with Crippen molar-refractivity contribution in [3.8, 4) is 5.75 Å². The number of nitrogens with zero attached hydrogens (tertiary/aromatic N) is 1. The number of ether oxygens (including phenoxy) is 1. The number of methoxy groups -OCH3 is 1. The maximum absolute atomic E-state index is 12.9. The van der Waals surface area contributed by atoms with Crippen LogP contribution >= 0.6 is 0 Å². The zero-order valence-electron chi connectivity index (χ0n) is 13.5. The van der Waals surface area contributed by atoms with Gasteiger partial charge in [0.2, 0.25) is 0 Å². The third-order valence-electron chi connectivity index (χ3n) is 3.98. The van der Waals surface area contributed by atoms with Crippen molar-refractivity contribution in [1.82, 2.24) is 0 Å². The Bertz CT molecular complexity index is 851. The second kappa shape index (κ2) is 6.13. The van der Waals surface area contributed by atoms with E-state index in [0.29, 0.717) is 5.56 Å². The van der Waals surface area contributed by atoms with Gasteiger partial charge in [0.25, 0.3) is 0 Å². The molecule has 0 heterocycles. The second-order valence-electron chi connectivity index (χ2n) is 5.63. The second-order valence-corrected chi connectivity index (χ2v) is 5.63. The van der Waals surface area contributed by atoms with Crippen LogP contribution in [-0.2, 0) is 0 Å². The molecule has 3 rings (SSSR count). The van der Waals surface area contributed by atoms with Gasteiger partial charge >= 0.3 is 0 Å². The lowest BCUT2D eigenvalue weighted by Gasteiger charge is -2.17. The van der Waals surface area contributed by atoms with Gasteiger partial charge < -0.3 is 9.64 Å². The van der Waals surface area contributed by atoms with Gasteiger partial charge in [-0.25, -0.2) is 0 Å². The first kappa shape index (κ1) is 15.1. The predicted octanol–water partition coefficient (Wildman–Crippen LogP) is 4.15. The largest absolute Gasteiger partial charge is 0.497 e. The molecule has 0 saturated carbocycles. The van der Waals surface area contributed by atoms with Gasteiger partial charge in [0.15, 0.2) is 5.78 Å². The highest BCUT2D eigenvalue weighted by atomic mass is 16.5. The molecule has 116 valence electrons. The normalized spacial score (nSPS) is 10.6. The first-order valence-electron chi connectivity index (χ1n) is 7.49. The molecule has 3 heteroatoms. The number of benzene rings is 3. The monoisotopic (exact) mass is 305 g/mol. The zero-order chi connectivity index (χ0) is 16.4. The first-order valence-corrected chi connectivity index (χ1v) is 7.49. The van der Waals surface area contributed by atoms with E-state index in [0.717, 1.165) is 27.8 Å². The molecule has 0 fully saturated rings. The fourth-order valence-corrected chi connectivity index (χ4v) is 2.77. The van der Waals surface area contributed by atoms with Gasteiger partial charge in [0, 0.05) is 36.3 Å². The smallest absolute Gasteiger partial charge is 0.193 e. The average Bonchev–Trinajstić information content (AvgIpc) is 2.60. The van der Waals surface area contributed by atoms with E-state index in [1.807, 2.05) is 56.6 Å².